The summed E-state index contributed by atoms with van der Waals surface area (Å²) in [6.45, 7) is 10.1. The van der Waals surface area contributed by atoms with Crippen molar-refractivity contribution in [3.63, 3.8) is 0 Å². The first-order valence-electron chi connectivity index (χ1n) is 9.56. The van der Waals surface area contributed by atoms with Crippen molar-refractivity contribution in [2.45, 2.75) is 31.3 Å². The molecule has 0 N–H and O–H groups in total. The lowest BCUT2D eigenvalue weighted by molar-refractivity contribution is 0.0108. The van der Waals surface area contributed by atoms with Gasteiger partial charge in [-0.1, -0.05) is 24.3 Å². The number of rotatable bonds is 3. The molecule has 24 heavy (non-hydrogen) atoms. The van der Waals surface area contributed by atoms with Gasteiger partial charge in [-0.15, -0.1) is 0 Å². The minimum Gasteiger partial charge on any atom is -0.379 e. The first-order valence-corrected chi connectivity index (χ1v) is 9.56. The van der Waals surface area contributed by atoms with Crippen LogP contribution in [-0.2, 0) is 17.7 Å². The number of benzene rings is 1. The van der Waals surface area contributed by atoms with E-state index in [1.54, 1.807) is 5.56 Å². The van der Waals surface area contributed by atoms with Crippen LogP contribution in [0.25, 0.3) is 0 Å². The Kier molecular flexibility index (Phi) is 4.90. The van der Waals surface area contributed by atoms with Crippen LogP contribution in [0.5, 0.6) is 0 Å². The van der Waals surface area contributed by atoms with Gasteiger partial charge in [-0.25, -0.2) is 0 Å². The Morgan fingerprint density at radius 3 is 2.25 bits per heavy atom. The fraction of sp³-hybridized carbons (Fsp3) is 0.700. The van der Waals surface area contributed by atoms with Gasteiger partial charge >= 0.3 is 0 Å². The first kappa shape index (κ1) is 16.5. The topological polar surface area (TPSA) is 19.0 Å². The van der Waals surface area contributed by atoms with Gasteiger partial charge in [0.1, 0.15) is 0 Å². The van der Waals surface area contributed by atoms with Crippen molar-refractivity contribution in [1.82, 2.24) is 14.7 Å². The SMILES string of the molecule is CN1Cc2ccccc2CC12CCN(CCN1CCOCC1)CC2. The van der Waals surface area contributed by atoms with E-state index in [9.17, 15) is 0 Å². The second-order valence-electron chi connectivity index (χ2n) is 7.82. The van der Waals surface area contributed by atoms with Crippen molar-refractivity contribution in [3.05, 3.63) is 35.4 Å². The molecule has 0 aromatic heterocycles. The summed E-state index contributed by atoms with van der Waals surface area (Å²) in [7, 11) is 2.33. The summed E-state index contributed by atoms with van der Waals surface area (Å²) in [5, 5.41) is 0. The smallest absolute Gasteiger partial charge is 0.0594 e. The van der Waals surface area contributed by atoms with Gasteiger partial charge in [0.15, 0.2) is 0 Å². The number of likely N-dealkylation sites (N-methyl/N-ethyl adjacent to an activating group) is 1. The molecule has 132 valence electrons. The number of piperidine rings is 1. The quantitative estimate of drug-likeness (QED) is 0.842. The van der Waals surface area contributed by atoms with Crippen LogP contribution in [0, 0.1) is 0 Å². The zero-order valence-corrected chi connectivity index (χ0v) is 15.0. The summed E-state index contributed by atoms with van der Waals surface area (Å²) in [6.07, 6.45) is 3.85. The highest BCUT2D eigenvalue weighted by Crippen LogP contribution is 2.37. The van der Waals surface area contributed by atoms with E-state index in [2.05, 4.69) is 46.0 Å². The Bertz CT molecular complexity index is 548. The normalized spacial score (nSPS) is 25.7. The van der Waals surface area contributed by atoms with E-state index in [1.165, 1.54) is 51.0 Å². The highest BCUT2D eigenvalue weighted by molar-refractivity contribution is 5.32. The number of ether oxygens (including phenoxy) is 1. The maximum Gasteiger partial charge on any atom is 0.0594 e. The molecule has 0 atom stereocenters. The molecule has 1 spiro atoms. The zero-order valence-electron chi connectivity index (χ0n) is 15.0. The molecule has 4 heteroatoms. The van der Waals surface area contributed by atoms with E-state index in [4.69, 9.17) is 4.74 Å². The molecule has 2 fully saturated rings. The van der Waals surface area contributed by atoms with E-state index in [-0.39, 0.29) is 0 Å². The molecule has 4 rings (SSSR count). The molecule has 0 bridgehead atoms. The van der Waals surface area contributed by atoms with E-state index in [1.807, 2.05) is 0 Å². The summed E-state index contributed by atoms with van der Waals surface area (Å²) in [4.78, 5) is 7.86. The van der Waals surface area contributed by atoms with Crippen molar-refractivity contribution in [2.75, 3.05) is 59.5 Å². The van der Waals surface area contributed by atoms with E-state index < -0.39 is 0 Å². The number of hydrogen-bond donors (Lipinski definition) is 0. The lowest BCUT2D eigenvalue weighted by atomic mass is 9.76. The molecule has 1 aromatic rings. The fourth-order valence-electron chi connectivity index (χ4n) is 4.66. The molecule has 1 aromatic carbocycles. The monoisotopic (exact) mass is 329 g/mol. The molecule has 0 unspecified atom stereocenters. The van der Waals surface area contributed by atoms with Crippen molar-refractivity contribution in [1.29, 1.82) is 0 Å². The molecule has 4 nitrogen and oxygen atoms in total. The average Bonchev–Trinajstić information content (AvgIpc) is 2.63. The zero-order chi connectivity index (χ0) is 16.4. The van der Waals surface area contributed by atoms with Gasteiger partial charge in [0.25, 0.3) is 0 Å². The summed E-state index contributed by atoms with van der Waals surface area (Å²) < 4.78 is 5.45. The molecule has 0 aliphatic carbocycles. The molecule has 3 aliphatic heterocycles. The standard InChI is InChI=1S/C20H31N3O/c1-21-17-19-5-3-2-4-18(19)16-20(21)6-8-22(9-7-20)10-11-23-12-14-24-15-13-23/h2-5H,6-17H2,1H3. The Balaban J connectivity index is 1.32. The molecule has 3 heterocycles. The Morgan fingerprint density at radius 2 is 1.54 bits per heavy atom. The largest absolute Gasteiger partial charge is 0.379 e. The Hall–Kier alpha value is -0.940. The van der Waals surface area contributed by atoms with Gasteiger partial charge in [0, 0.05) is 38.3 Å². The molecule has 0 amide bonds. The number of morpholine rings is 1. The molecular weight excluding hydrogens is 298 g/mol. The van der Waals surface area contributed by atoms with Crippen LogP contribution >= 0.6 is 0 Å². The van der Waals surface area contributed by atoms with Gasteiger partial charge in [-0.2, -0.15) is 0 Å². The molecule has 3 aliphatic rings. The maximum absolute atomic E-state index is 5.45. The lowest BCUT2D eigenvalue weighted by Crippen LogP contribution is -2.57. The van der Waals surface area contributed by atoms with Crippen LogP contribution in [0.4, 0.5) is 0 Å². The van der Waals surface area contributed by atoms with Gasteiger partial charge in [-0.05, 0) is 50.5 Å². The highest BCUT2D eigenvalue weighted by atomic mass is 16.5. The predicted octanol–water partition coefficient (Wildman–Crippen LogP) is 1.84. The first-order chi connectivity index (χ1) is 11.8. The molecular formula is C20H31N3O. The Labute approximate surface area is 146 Å². The van der Waals surface area contributed by atoms with Crippen LogP contribution in [0.1, 0.15) is 24.0 Å². The highest BCUT2D eigenvalue weighted by Gasteiger charge is 2.41. The van der Waals surface area contributed by atoms with Crippen molar-refractivity contribution in [3.8, 4) is 0 Å². The average molecular weight is 329 g/mol. The minimum atomic E-state index is 0.393. The summed E-state index contributed by atoms with van der Waals surface area (Å²) in [6, 6.07) is 9.03. The van der Waals surface area contributed by atoms with Crippen LogP contribution in [0.15, 0.2) is 24.3 Å². The third-order valence-electron chi connectivity index (χ3n) is 6.48. The predicted molar refractivity (Wildman–Crippen MR) is 97.3 cm³/mol. The van der Waals surface area contributed by atoms with E-state index in [0.717, 1.165) is 32.8 Å². The third kappa shape index (κ3) is 3.38. The maximum atomic E-state index is 5.45. The minimum absolute atomic E-state index is 0.393. The van der Waals surface area contributed by atoms with E-state index in [0.29, 0.717) is 5.54 Å². The number of hydrogen-bond acceptors (Lipinski definition) is 4. The number of nitrogens with zero attached hydrogens (tertiary/aromatic N) is 3. The van der Waals surface area contributed by atoms with Crippen LogP contribution < -0.4 is 0 Å². The summed E-state index contributed by atoms with van der Waals surface area (Å²) >= 11 is 0. The fourth-order valence-corrected chi connectivity index (χ4v) is 4.66. The van der Waals surface area contributed by atoms with Gasteiger partial charge in [-0.3, -0.25) is 9.80 Å². The number of likely N-dealkylation sites (tertiary alicyclic amines) is 1. The van der Waals surface area contributed by atoms with Gasteiger partial charge < -0.3 is 9.64 Å². The van der Waals surface area contributed by atoms with Gasteiger partial charge in [0.2, 0.25) is 0 Å². The van der Waals surface area contributed by atoms with Crippen molar-refractivity contribution in [2.24, 2.45) is 0 Å². The van der Waals surface area contributed by atoms with Crippen LogP contribution in [0.2, 0.25) is 0 Å². The van der Waals surface area contributed by atoms with Crippen molar-refractivity contribution >= 4 is 0 Å². The third-order valence-corrected chi connectivity index (χ3v) is 6.48. The lowest BCUT2D eigenvalue weighted by Gasteiger charge is -2.50. The molecule has 2 saturated heterocycles. The second-order valence-corrected chi connectivity index (χ2v) is 7.82. The van der Waals surface area contributed by atoms with Gasteiger partial charge in [0.05, 0.1) is 13.2 Å². The van der Waals surface area contributed by atoms with E-state index >= 15 is 0 Å². The Morgan fingerprint density at radius 1 is 0.917 bits per heavy atom. The second kappa shape index (κ2) is 7.12. The summed E-state index contributed by atoms with van der Waals surface area (Å²) in [5.74, 6) is 0. The molecule has 0 saturated carbocycles. The van der Waals surface area contributed by atoms with Crippen LogP contribution in [-0.4, -0.2) is 79.8 Å². The van der Waals surface area contributed by atoms with Crippen molar-refractivity contribution < 1.29 is 4.74 Å². The van der Waals surface area contributed by atoms with Crippen LogP contribution in [0.3, 0.4) is 0 Å². The summed E-state index contributed by atoms with van der Waals surface area (Å²) in [5.41, 5.74) is 3.50. The number of fused-ring (bicyclic) bond motifs is 1. The molecule has 0 radical (unpaired) electrons.